The maximum atomic E-state index is 10.1. The fourth-order valence-electron chi connectivity index (χ4n) is 5.90. The molecule has 0 unspecified atom stereocenters. The van der Waals surface area contributed by atoms with Gasteiger partial charge in [0, 0.05) is 38.8 Å². The van der Waals surface area contributed by atoms with Gasteiger partial charge in [0.2, 0.25) is 0 Å². The Morgan fingerprint density at radius 2 is 1.27 bits per heavy atom. The van der Waals surface area contributed by atoms with Crippen molar-refractivity contribution in [1.82, 2.24) is 4.57 Å². The average molecular weight is 477 g/mol. The van der Waals surface area contributed by atoms with E-state index in [1.165, 1.54) is 21.5 Å². The molecule has 0 atom stereocenters. The molecule has 2 N–H and O–H groups in total. The van der Waals surface area contributed by atoms with E-state index >= 15 is 0 Å². The largest absolute Gasteiger partial charge is 0.492 e. The molecule has 0 radical (unpaired) electrons. The molecule has 8 aromatic rings. The number of furan rings is 1. The van der Waals surface area contributed by atoms with E-state index in [2.05, 4.69) is 83.4 Å². The molecule has 0 aliphatic rings. The van der Waals surface area contributed by atoms with Crippen LogP contribution >= 0.6 is 0 Å². The highest BCUT2D eigenvalue weighted by Crippen LogP contribution is 2.38. The molecule has 0 aliphatic heterocycles. The molecule has 174 valence electrons. The zero-order valence-corrected chi connectivity index (χ0v) is 19.7. The molecule has 4 nitrogen and oxygen atoms in total. The van der Waals surface area contributed by atoms with Crippen molar-refractivity contribution in [2.24, 2.45) is 0 Å². The average Bonchev–Trinajstić information content (AvgIpc) is 3.46. The molecular formula is C32H20BNO3. The fourth-order valence-corrected chi connectivity index (χ4v) is 5.90. The van der Waals surface area contributed by atoms with Gasteiger partial charge in [0.25, 0.3) is 0 Å². The molecule has 0 bridgehead atoms. The third kappa shape index (κ3) is 2.87. The molecule has 2 heterocycles. The number of aromatic nitrogens is 1. The Kier molecular flexibility index (Phi) is 4.16. The van der Waals surface area contributed by atoms with Crippen molar-refractivity contribution in [3.63, 3.8) is 0 Å². The minimum absolute atomic E-state index is 0.370. The molecule has 37 heavy (non-hydrogen) atoms. The molecule has 6 aromatic carbocycles. The summed E-state index contributed by atoms with van der Waals surface area (Å²) in [6.07, 6.45) is 0. The summed E-state index contributed by atoms with van der Waals surface area (Å²) in [5.74, 6) is 0. The number of rotatable bonds is 2. The number of para-hydroxylation sites is 1. The second kappa shape index (κ2) is 7.46. The summed E-state index contributed by atoms with van der Waals surface area (Å²) in [6, 6.07) is 37.5. The second-order valence-electron chi connectivity index (χ2n) is 9.62. The highest BCUT2D eigenvalue weighted by Gasteiger charge is 2.22. The molecule has 8 rings (SSSR count). The maximum Gasteiger partial charge on any atom is 0.492 e. The van der Waals surface area contributed by atoms with E-state index in [1.54, 1.807) is 6.07 Å². The summed E-state index contributed by atoms with van der Waals surface area (Å²) < 4.78 is 8.63. The van der Waals surface area contributed by atoms with Gasteiger partial charge in [-0.15, -0.1) is 0 Å². The van der Waals surface area contributed by atoms with Crippen molar-refractivity contribution in [2.45, 2.75) is 0 Å². The quantitative estimate of drug-likeness (QED) is 0.274. The van der Waals surface area contributed by atoms with E-state index in [1.807, 2.05) is 24.3 Å². The van der Waals surface area contributed by atoms with Crippen LogP contribution in [0.3, 0.4) is 0 Å². The highest BCUT2D eigenvalue weighted by molar-refractivity contribution is 6.62. The number of hydrogen-bond acceptors (Lipinski definition) is 3. The predicted molar refractivity (Wildman–Crippen MR) is 153 cm³/mol. The van der Waals surface area contributed by atoms with Crippen molar-refractivity contribution < 1.29 is 14.5 Å². The van der Waals surface area contributed by atoms with Crippen LogP contribution in [0.2, 0.25) is 0 Å². The predicted octanol–water partition coefficient (Wildman–Crippen LogP) is 6.67. The lowest BCUT2D eigenvalue weighted by molar-refractivity contribution is 0.425. The smallest absolute Gasteiger partial charge is 0.456 e. The van der Waals surface area contributed by atoms with Crippen molar-refractivity contribution in [3.05, 3.63) is 109 Å². The molecule has 5 heteroatoms. The zero-order chi connectivity index (χ0) is 24.7. The van der Waals surface area contributed by atoms with Gasteiger partial charge in [0.15, 0.2) is 0 Å². The number of benzene rings is 6. The Hall–Kier alpha value is -4.58. The molecule has 0 saturated carbocycles. The van der Waals surface area contributed by atoms with Crippen LogP contribution in [0.1, 0.15) is 0 Å². The van der Waals surface area contributed by atoms with Crippen molar-refractivity contribution in [3.8, 4) is 5.69 Å². The van der Waals surface area contributed by atoms with E-state index in [9.17, 15) is 10.0 Å². The van der Waals surface area contributed by atoms with Crippen LogP contribution in [0.15, 0.2) is 114 Å². The van der Waals surface area contributed by atoms with Gasteiger partial charge in [-0.2, -0.15) is 0 Å². The van der Waals surface area contributed by atoms with E-state index < -0.39 is 7.12 Å². The van der Waals surface area contributed by atoms with Crippen LogP contribution in [0.5, 0.6) is 0 Å². The zero-order valence-electron chi connectivity index (χ0n) is 19.7. The van der Waals surface area contributed by atoms with Gasteiger partial charge in [0.05, 0.1) is 11.0 Å². The summed E-state index contributed by atoms with van der Waals surface area (Å²) in [6.45, 7) is 0. The Morgan fingerprint density at radius 1 is 0.568 bits per heavy atom. The van der Waals surface area contributed by atoms with Crippen LogP contribution in [0.4, 0.5) is 0 Å². The van der Waals surface area contributed by atoms with Crippen LogP contribution in [-0.4, -0.2) is 21.7 Å². The van der Waals surface area contributed by atoms with Gasteiger partial charge in [-0.3, -0.25) is 0 Å². The third-order valence-electron chi connectivity index (χ3n) is 7.55. The van der Waals surface area contributed by atoms with E-state index in [0.717, 1.165) is 38.3 Å². The van der Waals surface area contributed by atoms with Crippen molar-refractivity contribution in [2.75, 3.05) is 0 Å². The molecule has 0 saturated heterocycles. The first-order valence-corrected chi connectivity index (χ1v) is 12.3. The second-order valence-corrected chi connectivity index (χ2v) is 9.62. The first-order chi connectivity index (χ1) is 18.2. The molecular weight excluding hydrogens is 457 g/mol. The molecule has 0 amide bonds. The monoisotopic (exact) mass is 477 g/mol. The lowest BCUT2D eigenvalue weighted by atomic mass is 9.78. The van der Waals surface area contributed by atoms with Gasteiger partial charge < -0.3 is 19.0 Å². The minimum Gasteiger partial charge on any atom is -0.456 e. The van der Waals surface area contributed by atoms with Gasteiger partial charge >= 0.3 is 7.12 Å². The van der Waals surface area contributed by atoms with Gasteiger partial charge in [0.1, 0.15) is 11.2 Å². The van der Waals surface area contributed by atoms with E-state index in [4.69, 9.17) is 4.42 Å². The molecule has 0 fully saturated rings. The lowest BCUT2D eigenvalue weighted by Gasteiger charge is -2.08. The standard InChI is InChI=1S/C32H20BNO3/c35-33(36)27-16-21-9-3-4-10-23(21)31-25-14-13-22(18-30(25)37-32(27)31)34-28-12-6-5-11-24(28)26-15-19-7-1-2-8-20(19)17-29(26)34/h1-18,35-36H. The Morgan fingerprint density at radius 3 is 2.08 bits per heavy atom. The summed E-state index contributed by atoms with van der Waals surface area (Å²) in [4.78, 5) is 0. The summed E-state index contributed by atoms with van der Waals surface area (Å²) in [5, 5.41) is 28.9. The molecule has 0 spiro atoms. The fraction of sp³-hybridized carbons (Fsp3) is 0. The third-order valence-corrected chi connectivity index (χ3v) is 7.55. The normalized spacial score (nSPS) is 12.1. The number of fused-ring (bicyclic) bond motifs is 9. The summed E-state index contributed by atoms with van der Waals surface area (Å²) in [7, 11) is -1.63. The molecule has 0 aliphatic carbocycles. The first-order valence-electron chi connectivity index (χ1n) is 12.3. The van der Waals surface area contributed by atoms with Gasteiger partial charge in [-0.25, -0.2) is 0 Å². The van der Waals surface area contributed by atoms with Crippen molar-refractivity contribution in [1.29, 1.82) is 0 Å². The van der Waals surface area contributed by atoms with Gasteiger partial charge in [-0.05, 0) is 51.9 Å². The Bertz CT molecular complexity index is 2190. The van der Waals surface area contributed by atoms with Crippen LogP contribution in [0.25, 0.3) is 71.0 Å². The van der Waals surface area contributed by atoms with Crippen LogP contribution in [0, 0.1) is 0 Å². The lowest BCUT2D eigenvalue weighted by Crippen LogP contribution is -2.30. The van der Waals surface area contributed by atoms with E-state index in [0.29, 0.717) is 16.6 Å². The van der Waals surface area contributed by atoms with Crippen LogP contribution in [-0.2, 0) is 0 Å². The SMILES string of the molecule is OB(O)c1cc2ccccc2c2c1oc1cc(-n3c4ccccc4c4cc5ccccc5cc43)ccc12. The maximum absolute atomic E-state index is 10.1. The van der Waals surface area contributed by atoms with Crippen molar-refractivity contribution >= 4 is 77.9 Å². The topological polar surface area (TPSA) is 58.5 Å². The van der Waals surface area contributed by atoms with Crippen LogP contribution < -0.4 is 5.46 Å². The minimum atomic E-state index is -1.63. The van der Waals surface area contributed by atoms with E-state index in [-0.39, 0.29) is 0 Å². The highest BCUT2D eigenvalue weighted by atomic mass is 16.4. The summed E-state index contributed by atoms with van der Waals surface area (Å²) >= 11 is 0. The van der Waals surface area contributed by atoms with Gasteiger partial charge in [-0.1, -0.05) is 72.8 Å². The number of nitrogens with zero attached hydrogens (tertiary/aromatic N) is 1. The Labute approximate surface area is 211 Å². The molecule has 2 aromatic heterocycles. The number of hydrogen-bond donors (Lipinski definition) is 2. The first kappa shape index (κ1) is 20.6. The summed E-state index contributed by atoms with van der Waals surface area (Å²) in [5.41, 5.74) is 4.83. The Balaban J connectivity index is 1.48.